The van der Waals surface area contributed by atoms with E-state index in [2.05, 4.69) is 9.46 Å². The highest BCUT2D eigenvalue weighted by atomic mass is 32.2. The summed E-state index contributed by atoms with van der Waals surface area (Å²) in [5.41, 5.74) is 1.04. The molecule has 19 heavy (non-hydrogen) atoms. The molecule has 0 bridgehead atoms. The molecule has 0 spiro atoms. The minimum Gasteiger partial charge on any atom is -0.469 e. The number of nitrogens with one attached hydrogen (secondary N) is 1. The van der Waals surface area contributed by atoms with Crippen LogP contribution in [-0.4, -0.2) is 32.9 Å². The van der Waals surface area contributed by atoms with Gasteiger partial charge in [0.25, 0.3) is 0 Å². The largest absolute Gasteiger partial charge is 0.469 e. The molecule has 6 nitrogen and oxygen atoms in total. The fraction of sp³-hybridized carbons (Fsp3) is 0.417. The number of ether oxygens (including phenoxy) is 1. The number of hydrogen-bond acceptors (Lipinski definition) is 5. The highest BCUT2D eigenvalue weighted by molar-refractivity contribution is 7.92. The average Bonchev–Trinajstić information content (AvgIpc) is 2.34. The van der Waals surface area contributed by atoms with Crippen LogP contribution >= 0.6 is 0 Å². The normalized spacial score (nSPS) is 12.8. The fourth-order valence-corrected chi connectivity index (χ4v) is 2.07. The van der Waals surface area contributed by atoms with Crippen LogP contribution in [0.3, 0.4) is 0 Å². The first kappa shape index (κ1) is 15.5. The zero-order valence-electron chi connectivity index (χ0n) is 10.8. The smallest absolute Gasteiger partial charge is 0.305 e. The van der Waals surface area contributed by atoms with Crippen LogP contribution in [-0.2, 0) is 19.6 Å². The Labute approximate surface area is 112 Å². The number of sulfonamides is 1. The third kappa shape index (κ3) is 5.71. The first-order valence-electron chi connectivity index (χ1n) is 5.64. The van der Waals surface area contributed by atoms with Crippen molar-refractivity contribution in [2.24, 2.45) is 0 Å². The molecule has 7 heteroatoms. The first-order valence-corrected chi connectivity index (χ1v) is 7.53. The van der Waals surface area contributed by atoms with Crippen LogP contribution in [0, 0.1) is 0 Å². The van der Waals surface area contributed by atoms with Gasteiger partial charge in [-0.3, -0.25) is 9.52 Å². The van der Waals surface area contributed by atoms with Gasteiger partial charge in [0.05, 0.1) is 19.5 Å². The van der Waals surface area contributed by atoms with Gasteiger partial charge in [-0.05, 0) is 24.1 Å². The average molecular weight is 287 g/mol. The van der Waals surface area contributed by atoms with Crippen molar-refractivity contribution in [3.05, 3.63) is 29.8 Å². The van der Waals surface area contributed by atoms with E-state index in [0.29, 0.717) is 11.3 Å². The number of aliphatic hydroxyl groups is 1. The lowest BCUT2D eigenvalue weighted by atomic mass is 10.0. The monoisotopic (exact) mass is 287 g/mol. The number of carbonyl (C=O) groups excluding carboxylic acids is 1. The summed E-state index contributed by atoms with van der Waals surface area (Å²) in [5.74, 6) is -0.380. The molecular weight excluding hydrogens is 270 g/mol. The van der Waals surface area contributed by atoms with E-state index in [-0.39, 0.29) is 18.8 Å². The second kappa shape index (κ2) is 6.53. The molecule has 2 N–H and O–H groups in total. The molecule has 0 aromatic heterocycles. The van der Waals surface area contributed by atoms with Crippen molar-refractivity contribution >= 4 is 21.7 Å². The van der Waals surface area contributed by atoms with Gasteiger partial charge in [-0.15, -0.1) is 0 Å². The van der Waals surface area contributed by atoms with Crippen LogP contribution in [0.25, 0.3) is 0 Å². The molecule has 106 valence electrons. The lowest BCUT2D eigenvalue weighted by molar-refractivity contribution is -0.141. The lowest BCUT2D eigenvalue weighted by Gasteiger charge is -2.11. The quantitative estimate of drug-likeness (QED) is 0.763. The van der Waals surface area contributed by atoms with Gasteiger partial charge in [-0.1, -0.05) is 12.1 Å². The standard InChI is InChI=1S/C12H17NO5S/c1-18-12(15)8-7-11(14)9-3-5-10(6-4-9)13-19(2,16)17/h3-6,11,13-14H,7-8H2,1-2H3/t11-/m1/s1. The molecule has 0 unspecified atom stereocenters. The summed E-state index contributed by atoms with van der Waals surface area (Å²) in [7, 11) is -2.02. The number of carbonyl (C=O) groups is 1. The number of benzene rings is 1. The van der Waals surface area contributed by atoms with Gasteiger partial charge in [0.1, 0.15) is 0 Å². The number of rotatable bonds is 6. The third-order valence-corrected chi connectivity index (χ3v) is 3.05. The summed E-state index contributed by atoms with van der Waals surface area (Å²) in [6, 6.07) is 6.32. The van der Waals surface area contributed by atoms with E-state index in [9.17, 15) is 18.3 Å². The predicted octanol–water partition coefficient (Wildman–Crippen LogP) is 1.04. The van der Waals surface area contributed by atoms with Crippen molar-refractivity contribution in [1.29, 1.82) is 0 Å². The summed E-state index contributed by atoms with van der Waals surface area (Å²) < 4.78 is 28.8. The van der Waals surface area contributed by atoms with E-state index in [1.54, 1.807) is 24.3 Å². The van der Waals surface area contributed by atoms with E-state index in [1.165, 1.54) is 7.11 Å². The summed E-state index contributed by atoms with van der Waals surface area (Å²) in [4.78, 5) is 10.9. The second-order valence-corrected chi connectivity index (χ2v) is 5.88. The number of aliphatic hydroxyl groups excluding tert-OH is 1. The van der Waals surface area contributed by atoms with Crippen molar-refractivity contribution in [1.82, 2.24) is 0 Å². The fourth-order valence-electron chi connectivity index (χ4n) is 1.51. The van der Waals surface area contributed by atoms with Crippen molar-refractivity contribution < 1.29 is 23.1 Å². The Morgan fingerprint density at radius 1 is 1.37 bits per heavy atom. The van der Waals surface area contributed by atoms with Gasteiger partial charge < -0.3 is 9.84 Å². The maximum absolute atomic E-state index is 11.0. The van der Waals surface area contributed by atoms with Crippen LogP contribution in [0.2, 0.25) is 0 Å². The van der Waals surface area contributed by atoms with Crippen LogP contribution in [0.1, 0.15) is 24.5 Å². The van der Waals surface area contributed by atoms with Crippen LogP contribution < -0.4 is 4.72 Å². The zero-order valence-corrected chi connectivity index (χ0v) is 11.6. The number of esters is 1. The summed E-state index contributed by atoms with van der Waals surface area (Å²) in [5, 5.41) is 9.84. The van der Waals surface area contributed by atoms with Gasteiger partial charge in [-0.25, -0.2) is 8.42 Å². The van der Waals surface area contributed by atoms with Gasteiger partial charge in [0, 0.05) is 12.1 Å². The molecular formula is C12H17NO5S. The van der Waals surface area contributed by atoms with Gasteiger partial charge in [0.2, 0.25) is 10.0 Å². The van der Waals surface area contributed by atoms with Gasteiger partial charge in [0.15, 0.2) is 0 Å². The first-order chi connectivity index (χ1) is 8.81. The highest BCUT2D eigenvalue weighted by Crippen LogP contribution is 2.20. The van der Waals surface area contributed by atoms with Gasteiger partial charge in [-0.2, -0.15) is 0 Å². The van der Waals surface area contributed by atoms with Gasteiger partial charge >= 0.3 is 5.97 Å². The minimum absolute atomic E-state index is 0.126. The number of methoxy groups -OCH3 is 1. The molecule has 0 aliphatic rings. The molecule has 1 aromatic rings. The molecule has 0 radical (unpaired) electrons. The molecule has 0 aliphatic heterocycles. The highest BCUT2D eigenvalue weighted by Gasteiger charge is 2.11. The van der Waals surface area contributed by atoms with Crippen molar-refractivity contribution in [2.45, 2.75) is 18.9 Å². The Bertz CT molecular complexity index is 524. The van der Waals surface area contributed by atoms with E-state index in [0.717, 1.165) is 6.26 Å². The molecule has 1 rings (SSSR count). The Morgan fingerprint density at radius 2 is 1.95 bits per heavy atom. The van der Waals surface area contributed by atoms with Crippen molar-refractivity contribution in [3.8, 4) is 0 Å². The van der Waals surface area contributed by atoms with Crippen molar-refractivity contribution in [2.75, 3.05) is 18.1 Å². The molecule has 0 heterocycles. The number of hydrogen-bond donors (Lipinski definition) is 2. The van der Waals surface area contributed by atoms with Crippen LogP contribution in [0.5, 0.6) is 0 Å². The predicted molar refractivity (Wildman–Crippen MR) is 71.1 cm³/mol. The topological polar surface area (TPSA) is 92.7 Å². The zero-order chi connectivity index (χ0) is 14.5. The van der Waals surface area contributed by atoms with Crippen LogP contribution in [0.4, 0.5) is 5.69 Å². The lowest BCUT2D eigenvalue weighted by Crippen LogP contribution is -2.09. The van der Waals surface area contributed by atoms with Crippen LogP contribution in [0.15, 0.2) is 24.3 Å². The SMILES string of the molecule is COC(=O)CC[C@@H](O)c1ccc(NS(C)(=O)=O)cc1. The van der Waals surface area contributed by atoms with E-state index in [4.69, 9.17) is 0 Å². The molecule has 0 saturated carbocycles. The Hall–Kier alpha value is -1.60. The maximum Gasteiger partial charge on any atom is 0.305 e. The minimum atomic E-state index is -3.31. The summed E-state index contributed by atoms with van der Waals surface area (Å²) >= 11 is 0. The Balaban J connectivity index is 2.63. The third-order valence-electron chi connectivity index (χ3n) is 2.45. The molecule has 0 amide bonds. The second-order valence-electron chi connectivity index (χ2n) is 4.13. The maximum atomic E-state index is 11.0. The molecule has 0 fully saturated rings. The summed E-state index contributed by atoms with van der Waals surface area (Å²) in [6.07, 6.45) is 0.657. The van der Waals surface area contributed by atoms with E-state index in [1.807, 2.05) is 0 Å². The Kier molecular flexibility index (Phi) is 5.31. The van der Waals surface area contributed by atoms with E-state index >= 15 is 0 Å². The summed E-state index contributed by atoms with van der Waals surface area (Å²) in [6.45, 7) is 0. The molecule has 1 aromatic carbocycles. The molecule has 1 atom stereocenters. The number of anilines is 1. The Morgan fingerprint density at radius 3 is 2.42 bits per heavy atom. The van der Waals surface area contributed by atoms with Crippen molar-refractivity contribution in [3.63, 3.8) is 0 Å². The molecule has 0 aliphatic carbocycles. The van der Waals surface area contributed by atoms with E-state index < -0.39 is 16.1 Å². The molecule has 0 saturated heterocycles.